The van der Waals surface area contributed by atoms with Crippen molar-refractivity contribution in [2.75, 3.05) is 12.3 Å². The number of benzene rings is 1. The highest BCUT2D eigenvalue weighted by molar-refractivity contribution is 7.80. The number of carbonyl (C=O) groups is 5. The van der Waals surface area contributed by atoms with E-state index in [2.05, 4.69) is 28.3 Å². The summed E-state index contributed by atoms with van der Waals surface area (Å²) in [6.45, 7) is 0.146. The molecule has 0 aliphatic rings. The van der Waals surface area contributed by atoms with Gasteiger partial charge in [-0.05, 0) is 37.0 Å². The van der Waals surface area contributed by atoms with Gasteiger partial charge < -0.3 is 48.5 Å². The van der Waals surface area contributed by atoms with Gasteiger partial charge in [0.2, 0.25) is 17.7 Å². The van der Waals surface area contributed by atoms with Crippen molar-refractivity contribution in [2.24, 2.45) is 22.2 Å². The maximum Gasteiger partial charge on any atom is 0.326 e. The van der Waals surface area contributed by atoms with Crippen LogP contribution in [0.4, 0.5) is 0 Å². The minimum absolute atomic E-state index is 0.0460. The molecule has 0 fully saturated rings. The van der Waals surface area contributed by atoms with Gasteiger partial charge >= 0.3 is 11.9 Å². The SMILES string of the molecule is NC(N)=NCCCC(NC(=O)C(N)Cc1ccc(O)cc1)C(=O)NC(CS)C(=O)NC(CC(=O)O)C(=O)O. The van der Waals surface area contributed by atoms with Crippen LogP contribution >= 0.6 is 12.6 Å². The molecule has 0 aliphatic heterocycles. The van der Waals surface area contributed by atoms with Gasteiger partial charge in [0.1, 0.15) is 23.9 Å². The molecule has 0 spiro atoms. The molecule has 1 aromatic rings. The van der Waals surface area contributed by atoms with E-state index < -0.39 is 60.2 Å². The van der Waals surface area contributed by atoms with Crippen molar-refractivity contribution >= 4 is 48.2 Å². The minimum atomic E-state index is -1.73. The Labute approximate surface area is 223 Å². The molecule has 4 atom stereocenters. The molecule has 0 radical (unpaired) electrons. The molecular weight excluding hydrogens is 522 g/mol. The number of rotatable bonds is 16. The fraction of sp³-hybridized carbons (Fsp3) is 0.455. The van der Waals surface area contributed by atoms with Gasteiger partial charge in [-0.15, -0.1) is 0 Å². The van der Waals surface area contributed by atoms with Crippen LogP contribution in [0.3, 0.4) is 0 Å². The molecule has 210 valence electrons. The van der Waals surface area contributed by atoms with Crippen LogP contribution in [0.15, 0.2) is 29.3 Å². The van der Waals surface area contributed by atoms with E-state index in [0.717, 1.165) is 0 Å². The zero-order valence-electron chi connectivity index (χ0n) is 20.4. The lowest BCUT2D eigenvalue weighted by molar-refractivity contribution is -0.147. The number of carboxylic acids is 2. The summed E-state index contributed by atoms with van der Waals surface area (Å²) in [5, 5.41) is 34.3. The lowest BCUT2D eigenvalue weighted by Crippen LogP contribution is -2.58. The second kappa shape index (κ2) is 15.9. The van der Waals surface area contributed by atoms with E-state index >= 15 is 0 Å². The van der Waals surface area contributed by atoms with Gasteiger partial charge in [0.25, 0.3) is 0 Å². The average molecular weight is 556 g/mol. The van der Waals surface area contributed by atoms with Crippen LogP contribution in [0.25, 0.3) is 0 Å². The summed E-state index contributed by atoms with van der Waals surface area (Å²) in [6.07, 6.45) is -0.453. The van der Waals surface area contributed by atoms with Gasteiger partial charge in [-0.3, -0.25) is 24.2 Å². The Morgan fingerprint density at radius 1 is 0.895 bits per heavy atom. The van der Waals surface area contributed by atoms with Gasteiger partial charge in [-0.1, -0.05) is 12.1 Å². The lowest BCUT2D eigenvalue weighted by Gasteiger charge is -2.24. The van der Waals surface area contributed by atoms with Crippen molar-refractivity contribution in [3.8, 4) is 5.75 Å². The third kappa shape index (κ3) is 11.8. The number of carbonyl (C=O) groups excluding carboxylic acids is 3. The number of phenols is 1. The van der Waals surface area contributed by atoms with E-state index in [9.17, 15) is 29.1 Å². The highest BCUT2D eigenvalue weighted by Gasteiger charge is 2.30. The highest BCUT2D eigenvalue weighted by atomic mass is 32.1. The Bertz CT molecular complexity index is 1020. The largest absolute Gasteiger partial charge is 0.508 e. The summed E-state index contributed by atoms with van der Waals surface area (Å²) in [6, 6.07) is 0.758. The first-order chi connectivity index (χ1) is 17.8. The van der Waals surface area contributed by atoms with E-state index in [1.54, 1.807) is 12.1 Å². The lowest BCUT2D eigenvalue weighted by atomic mass is 10.0. The van der Waals surface area contributed by atoms with Crippen molar-refractivity contribution in [2.45, 2.75) is 49.9 Å². The van der Waals surface area contributed by atoms with Crippen LogP contribution in [0.5, 0.6) is 5.75 Å². The minimum Gasteiger partial charge on any atom is -0.508 e. The van der Waals surface area contributed by atoms with E-state index in [1.807, 2.05) is 5.32 Å². The predicted octanol–water partition coefficient (Wildman–Crippen LogP) is -2.74. The Balaban J connectivity index is 2.93. The highest BCUT2D eigenvalue weighted by Crippen LogP contribution is 2.11. The third-order valence-electron chi connectivity index (χ3n) is 5.12. The predicted molar refractivity (Wildman–Crippen MR) is 139 cm³/mol. The second-order valence-corrected chi connectivity index (χ2v) is 8.59. The molecule has 38 heavy (non-hydrogen) atoms. The summed E-state index contributed by atoms with van der Waals surface area (Å²) in [5.74, 6) is -5.83. The van der Waals surface area contributed by atoms with Gasteiger partial charge in [0, 0.05) is 12.3 Å². The molecular formula is C22H33N7O8S. The monoisotopic (exact) mass is 555 g/mol. The molecule has 0 aromatic heterocycles. The molecule has 0 bridgehead atoms. The molecule has 4 unspecified atom stereocenters. The van der Waals surface area contributed by atoms with E-state index in [4.69, 9.17) is 27.4 Å². The molecule has 15 nitrogen and oxygen atoms in total. The molecule has 0 saturated carbocycles. The number of aliphatic carboxylic acids is 2. The molecule has 0 aliphatic carbocycles. The van der Waals surface area contributed by atoms with Crippen molar-refractivity contribution in [3.63, 3.8) is 0 Å². The maximum absolute atomic E-state index is 13.0. The molecule has 1 aromatic carbocycles. The van der Waals surface area contributed by atoms with Crippen molar-refractivity contribution in [3.05, 3.63) is 29.8 Å². The summed E-state index contributed by atoms with van der Waals surface area (Å²) >= 11 is 4.01. The Kier molecular flexibility index (Phi) is 13.4. The van der Waals surface area contributed by atoms with Crippen molar-refractivity contribution < 1.29 is 39.3 Å². The van der Waals surface area contributed by atoms with Gasteiger partial charge in [-0.2, -0.15) is 12.6 Å². The van der Waals surface area contributed by atoms with Crippen LogP contribution in [0, 0.1) is 0 Å². The number of hydrogen-bond donors (Lipinski definition) is 10. The zero-order valence-corrected chi connectivity index (χ0v) is 21.3. The number of nitrogens with one attached hydrogen (secondary N) is 3. The number of aromatic hydroxyl groups is 1. The number of guanidine groups is 1. The normalized spacial score (nSPS) is 13.7. The zero-order chi connectivity index (χ0) is 28.8. The summed E-state index contributed by atoms with van der Waals surface area (Å²) in [5.41, 5.74) is 17.2. The quantitative estimate of drug-likeness (QED) is 0.0432. The maximum atomic E-state index is 13.0. The van der Waals surface area contributed by atoms with Gasteiger partial charge in [-0.25, -0.2) is 4.79 Å². The number of phenolic OH excluding ortho intramolecular Hbond substituents is 1. The number of hydrogen-bond acceptors (Lipinski definition) is 9. The average Bonchev–Trinajstić information content (AvgIpc) is 2.84. The van der Waals surface area contributed by atoms with E-state index in [-0.39, 0.29) is 43.3 Å². The topological polar surface area (TPSA) is 273 Å². The first-order valence-corrected chi connectivity index (χ1v) is 12.0. The van der Waals surface area contributed by atoms with Crippen LogP contribution in [0.2, 0.25) is 0 Å². The number of thiol groups is 1. The number of aliphatic imine (C=N–C) groups is 1. The van der Waals surface area contributed by atoms with Crippen LogP contribution in [0.1, 0.15) is 24.8 Å². The number of nitrogens with two attached hydrogens (primary N) is 3. The molecule has 12 N–H and O–H groups in total. The fourth-order valence-corrected chi connectivity index (χ4v) is 3.40. The third-order valence-corrected chi connectivity index (χ3v) is 5.48. The first kappa shape index (κ1) is 32.0. The Morgan fingerprint density at radius 2 is 1.45 bits per heavy atom. The fourth-order valence-electron chi connectivity index (χ4n) is 3.14. The van der Waals surface area contributed by atoms with Gasteiger partial charge in [0.15, 0.2) is 5.96 Å². The molecule has 3 amide bonds. The smallest absolute Gasteiger partial charge is 0.326 e. The van der Waals surface area contributed by atoms with E-state index in [1.165, 1.54) is 12.1 Å². The molecule has 1 rings (SSSR count). The van der Waals surface area contributed by atoms with Crippen molar-refractivity contribution in [1.82, 2.24) is 16.0 Å². The standard InChI is InChI=1S/C22H33N7O8S/c23-13(8-11-3-5-12(30)6-4-11)18(33)27-14(2-1-7-26-22(24)25)19(34)29-16(10-38)20(35)28-15(21(36)37)9-17(31)32/h3-6,13-16,30,38H,1-2,7-10,23H2,(H,27,33)(H,28,35)(H,29,34)(H,31,32)(H,36,37)(H4,24,25,26). The van der Waals surface area contributed by atoms with E-state index in [0.29, 0.717) is 5.56 Å². The Morgan fingerprint density at radius 3 is 1.97 bits per heavy atom. The molecule has 0 heterocycles. The van der Waals surface area contributed by atoms with Gasteiger partial charge in [0.05, 0.1) is 12.5 Å². The van der Waals surface area contributed by atoms with Crippen LogP contribution in [-0.4, -0.2) is 87.4 Å². The molecule has 0 saturated heterocycles. The summed E-state index contributed by atoms with van der Waals surface area (Å²) in [7, 11) is 0. The first-order valence-electron chi connectivity index (χ1n) is 11.4. The summed E-state index contributed by atoms with van der Waals surface area (Å²) in [4.78, 5) is 64.2. The second-order valence-electron chi connectivity index (χ2n) is 8.23. The van der Waals surface area contributed by atoms with Crippen LogP contribution < -0.4 is 33.2 Å². The number of carboxylic acid groups (broad SMARTS) is 2. The van der Waals surface area contributed by atoms with Crippen LogP contribution in [-0.2, 0) is 30.4 Å². The molecule has 16 heteroatoms. The number of nitrogens with zero attached hydrogens (tertiary/aromatic N) is 1. The summed E-state index contributed by atoms with van der Waals surface area (Å²) < 4.78 is 0. The number of amides is 3. The van der Waals surface area contributed by atoms with Crippen molar-refractivity contribution in [1.29, 1.82) is 0 Å². The Hall–Kier alpha value is -4.05.